The van der Waals surface area contributed by atoms with E-state index in [1.807, 2.05) is 0 Å². The van der Waals surface area contributed by atoms with Crippen LogP contribution in [0.5, 0.6) is 5.75 Å². The number of aryl methyl sites for hydroxylation is 2. The van der Waals surface area contributed by atoms with Crippen molar-refractivity contribution in [2.24, 2.45) is 0 Å². The molecule has 0 saturated heterocycles. The second kappa shape index (κ2) is 6.60. The van der Waals surface area contributed by atoms with Gasteiger partial charge in [-0.2, -0.15) is 0 Å². The van der Waals surface area contributed by atoms with Crippen LogP contribution in [0.2, 0.25) is 5.02 Å². The van der Waals surface area contributed by atoms with E-state index in [0.717, 1.165) is 5.56 Å². The molecule has 2 aromatic carbocycles. The molecule has 0 spiro atoms. The maximum Gasteiger partial charge on any atom is 0.268 e. The van der Waals surface area contributed by atoms with Crippen molar-refractivity contribution >= 4 is 27.5 Å². The summed E-state index contributed by atoms with van der Waals surface area (Å²) in [5.41, 5.74) is 1.38. The number of methoxy groups -OCH3 is 1. The number of nitrogens with one attached hydrogen (secondary N) is 1. The summed E-state index contributed by atoms with van der Waals surface area (Å²) in [6.45, 7) is 3.44. The molecule has 5 nitrogen and oxygen atoms in total. The molecule has 0 aliphatic heterocycles. The molecule has 0 radical (unpaired) electrons. The Bertz CT molecular complexity index is 862. The van der Waals surface area contributed by atoms with E-state index in [2.05, 4.69) is 4.72 Å². The van der Waals surface area contributed by atoms with Crippen LogP contribution in [-0.4, -0.2) is 21.4 Å². The predicted octanol–water partition coefficient (Wildman–Crippen LogP) is 3.08. The number of ether oxygens (including phenoxy) is 1. The van der Waals surface area contributed by atoms with Crippen molar-refractivity contribution in [2.75, 3.05) is 7.11 Å². The number of carbonyl (C=O) groups is 1. The summed E-state index contributed by atoms with van der Waals surface area (Å²) in [4.78, 5) is 12.4. The van der Waals surface area contributed by atoms with Crippen molar-refractivity contribution in [1.82, 2.24) is 4.72 Å². The summed E-state index contributed by atoms with van der Waals surface area (Å²) in [5, 5.41) is 0.306. The lowest BCUT2D eigenvalue weighted by Gasteiger charge is -2.12. The molecule has 23 heavy (non-hydrogen) atoms. The highest BCUT2D eigenvalue weighted by Gasteiger charge is 2.23. The third-order valence-electron chi connectivity index (χ3n) is 3.27. The fourth-order valence-corrected chi connectivity index (χ4v) is 3.56. The molecule has 0 bridgehead atoms. The third-order valence-corrected chi connectivity index (χ3v) is 4.97. The minimum absolute atomic E-state index is 0.0499. The van der Waals surface area contributed by atoms with Gasteiger partial charge in [-0.05, 0) is 49.2 Å². The molecule has 1 N–H and O–H groups in total. The van der Waals surface area contributed by atoms with Gasteiger partial charge in [0.25, 0.3) is 15.9 Å². The Morgan fingerprint density at radius 1 is 1.13 bits per heavy atom. The first kappa shape index (κ1) is 17.3. The van der Waals surface area contributed by atoms with E-state index in [4.69, 9.17) is 16.3 Å². The largest absolute Gasteiger partial charge is 0.496 e. The third kappa shape index (κ3) is 3.83. The molecule has 0 unspecified atom stereocenters. The van der Waals surface area contributed by atoms with E-state index >= 15 is 0 Å². The number of halogens is 1. The highest BCUT2D eigenvalue weighted by Crippen LogP contribution is 2.23. The van der Waals surface area contributed by atoms with Crippen molar-refractivity contribution < 1.29 is 17.9 Å². The fraction of sp³-hybridized carbons (Fsp3) is 0.188. The molecule has 2 rings (SSSR count). The second-order valence-corrected chi connectivity index (χ2v) is 7.14. The fourth-order valence-electron chi connectivity index (χ4n) is 2.09. The van der Waals surface area contributed by atoms with Gasteiger partial charge in [0.15, 0.2) is 0 Å². The van der Waals surface area contributed by atoms with E-state index in [1.165, 1.54) is 25.3 Å². The van der Waals surface area contributed by atoms with Gasteiger partial charge >= 0.3 is 0 Å². The Morgan fingerprint density at radius 2 is 1.83 bits per heavy atom. The summed E-state index contributed by atoms with van der Waals surface area (Å²) < 4.78 is 32.1. The summed E-state index contributed by atoms with van der Waals surface area (Å²) in [7, 11) is -2.61. The number of sulfonamides is 1. The zero-order chi connectivity index (χ0) is 17.2. The maximum atomic E-state index is 12.5. The Hall–Kier alpha value is -2.05. The van der Waals surface area contributed by atoms with E-state index in [0.29, 0.717) is 10.6 Å². The normalized spacial score (nSPS) is 11.1. The van der Waals surface area contributed by atoms with Crippen LogP contribution in [0.25, 0.3) is 0 Å². The lowest BCUT2D eigenvalue weighted by molar-refractivity contribution is 0.0978. The molecule has 0 atom stereocenters. The minimum atomic E-state index is -4.00. The Balaban J connectivity index is 2.40. The van der Waals surface area contributed by atoms with Gasteiger partial charge in [-0.15, -0.1) is 0 Å². The van der Waals surface area contributed by atoms with Crippen LogP contribution >= 0.6 is 11.6 Å². The zero-order valence-corrected chi connectivity index (χ0v) is 14.5. The topological polar surface area (TPSA) is 72.5 Å². The number of rotatable bonds is 4. The van der Waals surface area contributed by atoms with Gasteiger partial charge < -0.3 is 4.74 Å². The van der Waals surface area contributed by atoms with Crippen LogP contribution in [0, 0.1) is 13.8 Å². The lowest BCUT2D eigenvalue weighted by Crippen LogP contribution is -2.31. The van der Waals surface area contributed by atoms with Crippen molar-refractivity contribution in [1.29, 1.82) is 0 Å². The van der Waals surface area contributed by atoms with E-state index < -0.39 is 15.9 Å². The Kier molecular flexibility index (Phi) is 4.97. The zero-order valence-electron chi connectivity index (χ0n) is 12.9. The molecule has 0 aromatic heterocycles. The average molecular weight is 354 g/mol. The van der Waals surface area contributed by atoms with Crippen LogP contribution < -0.4 is 9.46 Å². The van der Waals surface area contributed by atoms with Crippen LogP contribution in [0.3, 0.4) is 0 Å². The molecule has 1 amide bonds. The van der Waals surface area contributed by atoms with Gasteiger partial charge in [-0.1, -0.05) is 23.7 Å². The van der Waals surface area contributed by atoms with E-state index in [1.54, 1.807) is 32.0 Å². The van der Waals surface area contributed by atoms with Crippen molar-refractivity contribution in [3.8, 4) is 5.75 Å². The minimum Gasteiger partial charge on any atom is -0.496 e. The molecule has 0 heterocycles. The highest BCUT2D eigenvalue weighted by molar-refractivity contribution is 7.90. The maximum absolute atomic E-state index is 12.5. The summed E-state index contributed by atoms with van der Waals surface area (Å²) in [5.74, 6) is -0.562. The molecule has 7 heteroatoms. The second-order valence-electron chi connectivity index (χ2n) is 5.05. The van der Waals surface area contributed by atoms with Crippen LogP contribution in [-0.2, 0) is 10.0 Å². The van der Waals surface area contributed by atoms with Gasteiger partial charge in [-0.3, -0.25) is 4.79 Å². The molecular weight excluding hydrogens is 338 g/mol. The van der Waals surface area contributed by atoms with E-state index in [9.17, 15) is 13.2 Å². The molecule has 2 aromatic rings. The van der Waals surface area contributed by atoms with Crippen LogP contribution in [0.1, 0.15) is 21.5 Å². The van der Waals surface area contributed by atoms with Crippen LogP contribution in [0.4, 0.5) is 0 Å². The Morgan fingerprint density at radius 3 is 2.48 bits per heavy atom. The number of carbonyl (C=O) groups excluding carboxylic acids is 1. The first-order valence-corrected chi connectivity index (χ1v) is 8.58. The van der Waals surface area contributed by atoms with Crippen LogP contribution in [0.15, 0.2) is 41.3 Å². The Labute approximate surface area is 140 Å². The standard InChI is InChI=1S/C16H16ClNO4S/c1-10-4-5-11(2)15(8-10)23(20,21)18-16(19)13-9-12(17)6-7-14(13)22-3/h4-9H,1-3H3,(H,18,19). The molecule has 122 valence electrons. The van der Waals surface area contributed by atoms with Crippen molar-refractivity contribution in [2.45, 2.75) is 18.7 Å². The highest BCUT2D eigenvalue weighted by atomic mass is 35.5. The molecule has 0 aliphatic carbocycles. The van der Waals surface area contributed by atoms with Crippen molar-refractivity contribution in [3.05, 3.63) is 58.1 Å². The number of hydrogen-bond acceptors (Lipinski definition) is 4. The summed E-state index contributed by atoms with van der Waals surface area (Å²) >= 11 is 5.87. The van der Waals surface area contributed by atoms with E-state index in [-0.39, 0.29) is 16.2 Å². The smallest absolute Gasteiger partial charge is 0.268 e. The first-order valence-electron chi connectivity index (χ1n) is 6.72. The van der Waals surface area contributed by atoms with Gasteiger partial charge in [0.05, 0.1) is 17.6 Å². The number of amides is 1. The molecule has 0 saturated carbocycles. The molecule has 0 aliphatic rings. The molecule has 0 fully saturated rings. The monoisotopic (exact) mass is 353 g/mol. The van der Waals surface area contributed by atoms with Gasteiger partial charge in [0, 0.05) is 5.02 Å². The van der Waals surface area contributed by atoms with Gasteiger partial charge in [-0.25, -0.2) is 13.1 Å². The average Bonchev–Trinajstić information content (AvgIpc) is 2.49. The predicted molar refractivity (Wildman–Crippen MR) is 88.6 cm³/mol. The first-order chi connectivity index (χ1) is 10.7. The summed E-state index contributed by atoms with van der Waals surface area (Å²) in [6, 6.07) is 9.41. The number of benzene rings is 2. The SMILES string of the molecule is COc1ccc(Cl)cc1C(=O)NS(=O)(=O)c1cc(C)ccc1C. The lowest BCUT2D eigenvalue weighted by atomic mass is 10.2. The van der Waals surface area contributed by atoms with Gasteiger partial charge in [0.1, 0.15) is 5.75 Å². The van der Waals surface area contributed by atoms with Crippen molar-refractivity contribution in [3.63, 3.8) is 0 Å². The molecular formula is C16H16ClNO4S. The quantitative estimate of drug-likeness (QED) is 0.916. The van der Waals surface area contributed by atoms with Gasteiger partial charge in [0.2, 0.25) is 0 Å². The number of hydrogen-bond donors (Lipinski definition) is 1. The summed E-state index contributed by atoms with van der Waals surface area (Å²) in [6.07, 6.45) is 0.